The zero-order valence-corrected chi connectivity index (χ0v) is 14.3. The van der Waals surface area contributed by atoms with E-state index in [2.05, 4.69) is 4.98 Å². The van der Waals surface area contributed by atoms with Gasteiger partial charge in [0, 0.05) is 11.6 Å². The quantitative estimate of drug-likeness (QED) is 0.752. The van der Waals surface area contributed by atoms with Gasteiger partial charge in [0.2, 0.25) is 0 Å². The molecule has 2 rings (SSSR count). The Labute approximate surface area is 140 Å². The monoisotopic (exact) mass is 333 g/mol. The van der Waals surface area contributed by atoms with E-state index in [0.717, 1.165) is 11.6 Å². The molecule has 0 saturated carbocycles. The number of hydrogen-bond acceptors (Lipinski definition) is 3. The van der Waals surface area contributed by atoms with Crippen LogP contribution in [0.25, 0.3) is 11.3 Å². The number of halogens is 2. The number of carbonyl (C=O) groups excluding carboxylic acids is 1. The van der Waals surface area contributed by atoms with Gasteiger partial charge in [0.05, 0.1) is 24.1 Å². The Morgan fingerprint density at radius 3 is 2.29 bits per heavy atom. The molecular formula is C19H21F2NO2. The number of rotatable bonds is 5. The Morgan fingerprint density at radius 1 is 1.17 bits per heavy atom. The molecule has 0 amide bonds. The van der Waals surface area contributed by atoms with Gasteiger partial charge in [0.15, 0.2) is 0 Å². The zero-order valence-electron chi connectivity index (χ0n) is 14.3. The van der Waals surface area contributed by atoms with Gasteiger partial charge in [-0.1, -0.05) is 20.8 Å². The van der Waals surface area contributed by atoms with Crippen LogP contribution in [0.15, 0.2) is 24.3 Å². The first-order valence-electron chi connectivity index (χ1n) is 7.93. The molecular weight excluding hydrogens is 312 g/mol. The smallest absolute Gasteiger partial charge is 0.339 e. The van der Waals surface area contributed by atoms with Crippen LogP contribution in [0, 0.1) is 17.6 Å². The summed E-state index contributed by atoms with van der Waals surface area (Å²) < 4.78 is 31.9. The van der Waals surface area contributed by atoms with E-state index in [0.29, 0.717) is 41.3 Å². The predicted octanol–water partition coefficient (Wildman–Crippen LogP) is 4.57. The van der Waals surface area contributed by atoms with Crippen molar-refractivity contribution in [2.75, 3.05) is 7.11 Å². The fourth-order valence-electron chi connectivity index (χ4n) is 2.71. The van der Waals surface area contributed by atoms with Crippen molar-refractivity contribution in [3.05, 3.63) is 52.7 Å². The van der Waals surface area contributed by atoms with Gasteiger partial charge in [-0.25, -0.2) is 13.6 Å². The van der Waals surface area contributed by atoms with Crippen LogP contribution in [0.1, 0.15) is 42.4 Å². The summed E-state index contributed by atoms with van der Waals surface area (Å²) in [5, 5.41) is 0. The molecule has 0 radical (unpaired) electrons. The van der Waals surface area contributed by atoms with Crippen LogP contribution >= 0.6 is 0 Å². The van der Waals surface area contributed by atoms with E-state index in [-0.39, 0.29) is 0 Å². The Hall–Kier alpha value is -2.30. The average molecular weight is 333 g/mol. The number of nitrogens with zero attached hydrogens (tertiary/aromatic N) is 1. The Bertz CT molecular complexity index is 737. The largest absolute Gasteiger partial charge is 0.465 e. The van der Waals surface area contributed by atoms with Crippen molar-refractivity contribution in [3.63, 3.8) is 0 Å². The van der Waals surface area contributed by atoms with Crippen molar-refractivity contribution >= 4 is 5.97 Å². The van der Waals surface area contributed by atoms with E-state index in [9.17, 15) is 13.6 Å². The van der Waals surface area contributed by atoms with Crippen molar-refractivity contribution in [1.29, 1.82) is 0 Å². The summed E-state index contributed by atoms with van der Waals surface area (Å²) in [5.41, 5.74) is 2.61. The molecule has 2 aromatic rings. The number of pyridine rings is 1. The second kappa shape index (κ2) is 7.51. The molecule has 1 aromatic heterocycles. The van der Waals surface area contributed by atoms with Crippen molar-refractivity contribution in [2.45, 2.75) is 33.6 Å². The molecule has 0 spiro atoms. The third-order valence-electron chi connectivity index (χ3n) is 3.69. The number of aryl methyl sites for hydroxylation is 1. The molecule has 24 heavy (non-hydrogen) atoms. The Morgan fingerprint density at radius 2 is 1.79 bits per heavy atom. The molecule has 0 saturated heterocycles. The number of esters is 1. The van der Waals surface area contributed by atoms with Gasteiger partial charge in [-0.15, -0.1) is 0 Å². The zero-order chi connectivity index (χ0) is 17.9. The van der Waals surface area contributed by atoms with Gasteiger partial charge in [-0.2, -0.15) is 0 Å². The number of hydrogen-bond donors (Lipinski definition) is 0. The minimum atomic E-state index is -0.660. The topological polar surface area (TPSA) is 39.2 Å². The fraction of sp³-hybridized carbons (Fsp3) is 0.368. The molecule has 1 heterocycles. The number of ether oxygens (including phenoxy) is 1. The average Bonchev–Trinajstić information content (AvgIpc) is 2.51. The lowest BCUT2D eigenvalue weighted by Gasteiger charge is -2.16. The molecule has 3 nitrogen and oxygen atoms in total. The Balaban J connectivity index is 2.68. The Kier molecular flexibility index (Phi) is 5.65. The molecule has 0 aliphatic heterocycles. The highest BCUT2D eigenvalue weighted by Crippen LogP contribution is 2.27. The molecule has 1 aromatic carbocycles. The molecule has 0 unspecified atom stereocenters. The highest BCUT2D eigenvalue weighted by molar-refractivity contribution is 5.93. The SMILES string of the molecule is CCc1nc(-c2cc(F)cc(F)c2)cc(CC(C)C)c1C(=O)OC. The van der Waals surface area contributed by atoms with E-state index in [1.807, 2.05) is 20.8 Å². The molecule has 0 bridgehead atoms. The van der Waals surface area contributed by atoms with Gasteiger partial charge >= 0.3 is 5.97 Å². The van der Waals surface area contributed by atoms with Gasteiger partial charge < -0.3 is 4.74 Å². The summed E-state index contributed by atoms with van der Waals surface area (Å²) in [4.78, 5) is 16.6. The van der Waals surface area contributed by atoms with Crippen molar-refractivity contribution in [1.82, 2.24) is 4.98 Å². The van der Waals surface area contributed by atoms with E-state index < -0.39 is 17.6 Å². The van der Waals surface area contributed by atoms with E-state index in [1.54, 1.807) is 6.07 Å². The first-order valence-corrected chi connectivity index (χ1v) is 7.93. The first-order chi connectivity index (χ1) is 11.3. The third-order valence-corrected chi connectivity index (χ3v) is 3.69. The van der Waals surface area contributed by atoms with Crippen LogP contribution in [0.4, 0.5) is 8.78 Å². The summed E-state index contributed by atoms with van der Waals surface area (Å²) in [6.45, 7) is 5.95. The lowest BCUT2D eigenvalue weighted by atomic mass is 9.94. The van der Waals surface area contributed by atoms with E-state index >= 15 is 0 Å². The predicted molar refractivity (Wildman–Crippen MR) is 88.8 cm³/mol. The van der Waals surface area contributed by atoms with Crippen LogP contribution in [0.3, 0.4) is 0 Å². The summed E-state index contributed by atoms with van der Waals surface area (Å²) in [5.74, 6) is -1.45. The van der Waals surface area contributed by atoms with Gasteiger partial charge in [0.1, 0.15) is 11.6 Å². The molecule has 128 valence electrons. The normalized spacial score (nSPS) is 11.0. The lowest BCUT2D eigenvalue weighted by molar-refractivity contribution is 0.0597. The van der Waals surface area contributed by atoms with Crippen molar-refractivity contribution in [2.24, 2.45) is 5.92 Å². The maximum absolute atomic E-state index is 13.5. The van der Waals surface area contributed by atoms with E-state index in [1.165, 1.54) is 19.2 Å². The molecule has 0 N–H and O–H groups in total. The molecule has 0 aliphatic carbocycles. The van der Waals surface area contributed by atoms with Crippen LogP contribution in [-0.4, -0.2) is 18.1 Å². The molecule has 0 atom stereocenters. The van der Waals surface area contributed by atoms with Gasteiger partial charge in [-0.3, -0.25) is 4.98 Å². The van der Waals surface area contributed by atoms with Crippen molar-refractivity contribution in [3.8, 4) is 11.3 Å². The minimum absolute atomic E-state index is 0.303. The van der Waals surface area contributed by atoms with Crippen LogP contribution in [-0.2, 0) is 17.6 Å². The third kappa shape index (κ3) is 3.96. The lowest BCUT2D eigenvalue weighted by Crippen LogP contribution is -2.13. The van der Waals surface area contributed by atoms with Crippen LogP contribution in [0.5, 0.6) is 0 Å². The first kappa shape index (κ1) is 18.0. The van der Waals surface area contributed by atoms with Crippen LogP contribution in [0.2, 0.25) is 0 Å². The summed E-state index contributed by atoms with van der Waals surface area (Å²) in [6, 6.07) is 5.02. The summed E-state index contributed by atoms with van der Waals surface area (Å²) in [7, 11) is 1.33. The molecule has 5 heteroatoms. The number of carbonyl (C=O) groups is 1. The fourth-order valence-corrected chi connectivity index (χ4v) is 2.71. The summed E-state index contributed by atoms with van der Waals surface area (Å²) >= 11 is 0. The standard InChI is InChI=1S/C19H21F2NO2/c1-5-16-18(19(23)24-4)13(6-11(2)3)9-17(22-16)12-7-14(20)10-15(21)8-12/h7-11H,5-6H2,1-4H3. The highest BCUT2D eigenvalue weighted by Gasteiger charge is 2.20. The molecule has 0 fully saturated rings. The second-order valence-electron chi connectivity index (χ2n) is 6.09. The van der Waals surface area contributed by atoms with Gasteiger partial charge in [-0.05, 0) is 42.5 Å². The maximum Gasteiger partial charge on any atom is 0.339 e. The maximum atomic E-state index is 13.5. The number of methoxy groups -OCH3 is 1. The number of benzene rings is 1. The van der Waals surface area contributed by atoms with E-state index in [4.69, 9.17) is 4.74 Å². The summed E-state index contributed by atoms with van der Waals surface area (Å²) in [6.07, 6.45) is 1.16. The van der Waals surface area contributed by atoms with Crippen LogP contribution < -0.4 is 0 Å². The highest BCUT2D eigenvalue weighted by atomic mass is 19.1. The molecule has 0 aliphatic rings. The minimum Gasteiger partial charge on any atom is -0.465 e. The van der Waals surface area contributed by atoms with Gasteiger partial charge in [0.25, 0.3) is 0 Å². The van der Waals surface area contributed by atoms with Crippen molar-refractivity contribution < 1.29 is 18.3 Å². The second-order valence-corrected chi connectivity index (χ2v) is 6.09. The number of aromatic nitrogens is 1.